The number of rotatable bonds is 10. The van der Waals surface area contributed by atoms with Gasteiger partial charge in [0.2, 0.25) is 0 Å². The third kappa shape index (κ3) is 6.77. The summed E-state index contributed by atoms with van der Waals surface area (Å²) in [7, 11) is 0. The topological polar surface area (TPSA) is 107 Å². The maximum Gasteiger partial charge on any atom is 0.337 e. The first-order valence-electron chi connectivity index (χ1n) is 13.8. The lowest BCUT2D eigenvalue weighted by molar-refractivity contribution is 0.0699. The summed E-state index contributed by atoms with van der Waals surface area (Å²) in [5, 5.41) is 20.7. The van der Waals surface area contributed by atoms with Gasteiger partial charge in [0.25, 0.3) is 0 Å². The molecule has 0 radical (unpaired) electrons. The highest BCUT2D eigenvalue weighted by Gasteiger charge is 2.17. The molecule has 0 aliphatic carbocycles. The van der Waals surface area contributed by atoms with Gasteiger partial charge >= 0.3 is 12.0 Å². The first-order chi connectivity index (χ1) is 20.8. The van der Waals surface area contributed by atoms with E-state index >= 15 is 0 Å². The fourth-order valence-corrected chi connectivity index (χ4v) is 5.54. The lowest BCUT2D eigenvalue weighted by Crippen LogP contribution is -2.27. The van der Waals surface area contributed by atoms with Crippen LogP contribution in [0.2, 0.25) is 0 Å². The smallest absolute Gasteiger partial charge is 0.337 e. The van der Waals surface area contributed by atoms with Crippen molar-refractivity contribution in [3.63, 3.8) is 0 Å². The van der Waals surface area contributed by atoms with Crippen LogP contribution in [-0.4, -0.2) is 46.9 Å². The Morgan fingerprint density at radius 1 is 0.791 bits per heavy atom. The van der Waals surface area contributed by atoms with E-state index in [0.717, 1.165) is 39.1 Å². The normalized spacial score (nSPS) is 11.0. The number of carbonyl (C=O) groups excluding carboxylic acids is 1. The van der Waals surface area contributed by atoms with Crippen LogP contribution in [0.1, 0.15) is 21.5 Å². The lowest BCUT2D eigenvalue weighted by atomic mass is 10.0. The average Bonchev–Trinajstić information content (AvgIpc) is 2.97. The van der Waals surface area contributed by atoms with Crippen LogP contribution >= 0.6 is 23.2 Å². The standard InChI is InChI=1S/C33H31Cl2N5O3/c1-20-17-23(19-24(18-20)38-33(43)37-22-9-11-25(12-10-22)40(15-13-34)16-14-35)36-30-26-6-3-5-21(2)29(26)39-31-27(30)7-4-8-28(31)32(41)42/h3-12,17-19H,13-16H2,1-2H3,(H,36,39)(H,41,42)(H2,37,38,43). The van der Waals surface area contributed by atoms with Gasteiger partial charge in [-0.2, -0.15) is 0 Å². The second-order valence-electron chi connectivity index (χ2n) is 10.2. The van der Waals surface area contributed by atoms with Crippen LogP contribution in [0, 0.1) is 13.8 Å². The summed E-state index contributed by atoms with van der Waals surface area (Å²) in [6.07, 6.45) is 0. The number of carboxylic acid groups (broad SMARTS) is 1. The molecule has 5 rings (SSSR count). The number of urea groups is 1. The molecule has 0 aliphatic heterocycles. The summed E-state index contributed by atoms with van der Waals surface area (Å²) < 4.78 is 0. The molecule has 1 aromatic heterocycles. The molecule has 4 aromatic carbocycles. The van der Waals surface area contributed by atoms with Crippen molar-refractivity contribution in [2.45, 2.75) is 13.8 Å². The number of fused-ring (bicyclic) bond motifs is 2. The quantitative estimate of drug-likeness (QED) is 0.0928. The molecule has 0 saturated carbocycles. The van der Waals surface area contributed by atoms with Crippen LogP contribution in [0.4, 0.5) is 33.2 Å². The minimum absolute atomic E-state index is 0.132. The summed E-state index contributed by atoms with van der Waals surface area (Å²) in [5.74, 6) is -0.0606. The number of para-hydroxylation sites is 2. The van der Waals surface area contributed by atoms with E-state index in [-0.39, 0.29) is 11.6 Å². The monoisotopic (exact) mass is 615 g/mol. The molecule has 0 saturated heterocycles. The minimum Gasteiger partial charge on any atom is -0.478 e. The number of nitrogens with one attached hydrogen (secondary N) is 3. The molecule has 1 heterocycles. The van der Waals surface area contributed by atoms with Gasteiger partial charge in [0.15, 0.2) is 0 Å². The zero-order chi connectivity index (χ0) is 30.5. The SMILES string of the molecule is Cc1cc(NC(=O)Nc2ccc(N(CCCl)CCCl)cc2)cc(Nc2c3cccc(C)c3nc3c(C(=O)O)cccc23)c1. The molecule has 10 heteroatoms. The van der Waals surface area contributed by atoms with Crippen molar-refractivity contribution >= 4 is 85.4 Å². The number of anilines is 5. The summed E-state index contributed by atoms with van der Waals surface area (Å²) in [6, 6.07) is 23.8. The van der Waals surface area contributed by atoms with Gasteiger partial charge in [0.05, 0.1) is 22.3 Å². The van der Waals surface area contributed by atoms with Gasteiger partial charge in [-0.05, 0) is 73.5 Å². The van der Waals surface area contributed by atoms with E-state index in [1.54, 1.807) is 12.1 Å². The van der Waals surface area contributed by atoms with E-state index in [2.05, 4.69) is 20.9 Å². The predicted molar refractivity (Wildman–Crippen MR) is 178 cm³/mol. The molecule has 2 amide bonds. The Balaban J connectivity index is 1.41. The molecular weight excluding hydrogens is 585 g/mol. The second kappa shape index (κ2) is 13.2. The number of amides is 2. The van der Waals surface area contributed by atoms with E-state index < -0.39 is 5.97 Å². The minimum atomic E-state index is -1.04. The van der Waals surface area contributed by atoms with E-state index in [0.29, 0.717) is 47.1 Å². The van der Waals surface area contributed by atoms with Gasteiger partial charge in [0, 0.05) is 58.4 Å². The molecule has 220 valence electrons. The lowest BCUT2D eigenvalue weighted by Gasteiger charge is -2.23. The highest BCUT2D eigenvalue weighted by molar-refractivity contribution is 6.18. The maximum atomic E-state index is 12.9. The number of aromatic carboxylic acids is 1. The van der Waals surface area contributed by atoms with Gasteiger partial charge in [-0.3, -0.25) is 0 Å². The molecule has 0 unspecified atom stereocenters. The number of aryl methyl sites for hydroxylation is 2. The van der Waals surface area contributed by atoms with Gasteiger partial charge < -0.3 is 26.0 Å². The Bertz CT molecular complexity index is 1810. The second-order valence-corrected chi connectivity index (χ2v) is 10.9. The first kappa shape index (κ1) is 29.9. The fraction of sp³-hybridized carbons (Fsp3) is 0.182. The number of halogens is 2. The van der Waals surface area contributed by atoms with Crippen molar-refractivity contribution in [2.24, 2.45) is 0 Å². The summed E-state index contributed by atoms with van der Waals surface area (Å²) in [6.45, 7) is 5.24. The van der Waals surface area contributed by atoms with Gasteiger partial charge in [-0.1, -0.05) is 30.3 Å². The molecule has 0 bridgehead atoms. The van der Waals surface area contributed by atoms with Crippen molar-refractivity contribution in [2.75, 3.05) is 45.7 Å². The van der Waals surface area contributed by atoms with Crippen molar-refractivity contribution in [1.82, 2.24) is 4.98 Å². The van der Waals surface area contributed by atoms with E-state index in [1.807, 2.05) is 80.6 Å². The number of nitrogens with zero attached hydrogens (tertiary/aromatic N) is 2. The number of hydrogen-bond donors (Lipinski definition) is 4. The van der Waals surface area contributed by atoms with Gasteiger partial charge in [-0.25, -0.2) is 14.6 Å². The molecule has 4 N–H and O–H groups in total. The van der Waals surface area contributed by atoms with Crippen LogP contribution in [0.3, 0.4) is 0 Å². The van der Waals surface area contributed by atoms with E-state index in [4.69, 9.17) is 28.2 Å². The average molecular weight is 617 g/mol. The number of carboxylic acids is 1. The third-order valence-electron chi connectivity index (χ3n) is 7.07. The molecule has 0 fully saturated rings. The Hall–Kier alpha value is -4.53. The molecular formula is C33H31Cl2N5O3. The molecule has 0 atom stereocenters. The number of hydrogen-bond acceptors (Lipinski definition) is 5. The Labute approximate surface area is 259 Å². The Morgan fingerprint density at radius 3 is 2.09 bits per heavy atom. The molecule has 43 heavy (non-hydrogen) atoms. The van der Waals surface area contributed by atoms with Crippen molar-refractivity contribution in [3.8, 4) is 0 Å². The van der Waals surface area contributed by atoms with Gasteiger partial charge in [0.1, 0.15) is 0 Å². The van der Waals surface area contributed by atoms with E-state index in [9.17, 15) is 14.7 Å². The van der Waals surface area contributed by atoms with E-state index in [1.165, 1.54) is 0 Å². The summed E-state index contributed by atoms with van der Waals surface area (Å²) in [5.41, 5.74) is 6.80. The highest BCUT2D eigenvalue weighted by atomic mass is 35.5. The molecule has 8 nitrogen and oxygen atoms in total. The highest BCUT2D eigenvalue weighted by Crippen LogP contribution is 2.36. The van der Waals surface area contributed by atoms with Crippen molar-refractivity contribution in [1.29, 1.82) is 0 Å². The number of carbonyl (C=O) groups is 2. The maximum absolute atomic E-state index is 12.9. The first-order valence-corrected chi connectivity index (χ1v) is 14.8. The Kier molecular flexibility index (Phi) is 9.19. The molecule has 0 spiro atoms. The fourth-order valence-electron chi connectivity index (χ4n) is 5.13. The Morgan fingerprint density at radius 2 is 1.42 bits per heavy atom. The van der Waals surface area contributed by atoms with Gasteiger partial charge in [-0.15, -0.1) is 23.2 Å². The predicted octanol–water partition coefficient (Wildman–Crippen LogP) is 8.37. The number of benzene rings is 4. The zero-order valence-corrected chi connectivity index (χ0v) is 25.3. The van der Waals surface area contributed by atoms with Crippen LogP contribution in [0.5, 0.6) is 0 Å². The summed E-state index contributed by atoms with van der Waals surface area (Å²) >= 11 is 11.8. The van der Waals surface area contributed by atoms with Crippen LogP contribution in [0.25, 0.3) is 21.8 Å². The van der Waals surface area contributed by atoms with Crippen molar-refractivity contribution < 1.29 is 14.7 Å². The summed E-state index contributed by atoms with van der Waals surface area (Å²) in [4.78, 5) is 31.8. The third-order valence-corrected chi connectivity index (χ3v) is 7.41. The van der Waals surface area contributed by atoms with Crippen LogP contribution in [0.15, 0.2) is 78.9 Å². The number of aromatic nitrogens is 1. The number of alkyl halides is 2. The van der Waals surface area contributed by atoms with Crippen LogP contribution < -0.4 is 20.9 Å². The largest absolute Gasteiger partial charge is 0.478 e. The zero-order valence-electron chi connectivity index (χ0n) is 23.7. The van der Waals surface area contributed by atoms with Crippen LogP contribution in [-0.2, 0) is 0 Å². The van der Waals surface area contributed by atoms with Crippen molar-refractivity contribution in [3.05, 3.63) is 95.6 Å². The molecule has 0 aliphatic rings. The number of pyridine rings is 1. The molecule has 5 aromatic rings.